The van der Waals surface area contributed by atoms with Gasteiger partial charge in [0.05, 0.1) is 18.1 Å². The number of aromatic nitrogens is 2. The number of benzene rings is 3. The van der Waals surface area contributed by atoms with E-state index in [1.54, 1.807) is 7.11 Å². The van der Waals surface area contributed by atoms with Gasteiger partial charge in [0.15, 0.2) is 5.78 Å². The van der Waals surface area contributed by atoms with Crippen LogP contribution >= 0.6 is 0 Å². The first-order valence-electron chi connectivity index (χ1n) is 10.1. The molecule has 4 nitrogen and oxygen atoms in total. The van der Waals surface area contributed by atoms with E-state index in [0.717, 1.165) is 44.9 Å². The Kier molecular flexibility index (Phi) is 5.17. The van der Waals surface area contributed by atoms with Crippen molar-refractivity contribution in [1.29, 1.82) is 0 Å². The van der Waals surface area contributed by atoms with Gasteiger partial charge in [-0.25, -0.2) is 4.98 Å². The summed E-state index contributed by atoms with van der Waals surface area (Å²) in [6.45, 7) is 8.26. The Morgan fingerprint density at radius 3 is 2.30 bits per heavy atom. The zero-order valence-electron chi connectivity index (χ0n) is 18.1. The lowest BCUT2D eigenvalue weighted by molar-refractivity contribution is 0.0993. The number of ketones is 1. The second kappa shape index (κ2) is 7.79. The Morgan fingerprint density at radius 1 is 0.900 bits per heavy atom. The summed E-state index contributed by atoms with van der Waals surface area (Å²) in [5, 5.41) is 0. The molecular weight excluding hydrogens is 372 g/mol. The molecule has 4 heteroatoms. The van der Waals surface area contributed by atoms with Gasteiger partial charge < -0.3 is 9.72 Å². The van der Waals surface area contributed by atoms with Crippen LogP contribution in [-0.4, -0.2) is 22.9 Å². The first-order valence-corrected chi connectivity index (χ1v) is 10.1. The largest absolute Gasteiger partial charge is 0.497 e. The van der Waals surface area contributed by atoms with E-state index < -0.39 is 0 Å². The lowest BCUT2D eigenvalue weighted by atomic mass is 9.99. The third-order valence-corrected chi connectivity index (χ3v) is 5.72. The maximum absolute atomic E-state index is 12.9. The molecular formula is C26H26N2O2. The molecule has 1 heterocycles. The third-order valence-electron chi connectivity index (χ3n) is 5.72. The van der Waals surface area contributed by atoms with E-state index in [1.807, 2.05) is 36.4 Å². The van der Waals surface area contributed by atoms with Crippen molar-refractivity contribution in [3.63, 3.8) is 0 Å². The summed E-state index contributed by atoms with van der Waals surface area (Å²) in [7, 11) is 1.67. The summed E-state index contributed by atoms with van der Waals surface area (Å²) in [5.74, 6) is 1.75. The maximum atomic E-state index is 12.9. The summed E-state index contributed by atoms with van der Waals surface area (Å²) in [6, 6.07) is 15.9. The zero-order valence-corrected chi connectivity index (χ0v) is 18.1. The van der Waals surface area contributed by atoms with Gasteiger partial charge in [-0.15, -0.1) is 0 Å². The highest BCUT2D eigenvalue weighted by atomic mass is 16.5. The number of ether oxygens (including phenoxy) is 1. The number of aryl methyl sites for hydroxylation is 4. The zero-order chi connectivity index (χ0) is 21.4. The molecule has 0 amide bonds. The number of nitrogens with one attached hydrogen (secondary N) is 1. The van der Waals surface area contributed by atoms with Crippen molar-refractivity contribution in [2.24, 2.45) is 0 Å². The van der Waals surface area contributed by atoms with Crippen molar-refractivity contribution in [2.45, 2.75) is 34.1 Å². The number of imidazole rings is 1. The van der Waals surface area contributed by atoms with Crippen LogP contribution < -0.4 is 4.74 Å². The van der Waals surface area contributed by atoms with E-state index in [4.69, 9.17) is 9.72 Å². The molecule has 30 heavy (non-hydrogen) atoms. The van der Waals surface area contributed by atoms with Gasteiger partial charge >= 0.3 is 0 Å². The predicted molar refractivity (Wildman–Crippen MR) is 122 cm³/mol. The van der Waals surface area contributed by atoms with Crippen LogP contribution in [0.4, 0.5) is 0 Å². The number of carbonyl (C=O) groups is 1. The molecule has 152 valence electrons. The third kappa shape index (κ3) is 3.73. The smallest absolute Gasteiger partial charge is 0.167 e. The number of carbonyl (C=O) groups excluding carboxylic acids is 1. The van der Waals surface area contributed by atoms with Crippen molar-refractivity contribution in [3.05, 3.63) is 81.9 Å². The molecule has 3 aromatic carbocycles. The Balaban J connectivity index is 1.66. The van der Waals surface area contributed by atoms with Gasteiger partial charge in [-0.3, -0.25) is 4.79 Å². The number of nitrogens with zero attached hydrogens (tertiary/aromatic N) is 1. The fraction of sp³-hybridized carbons (Fsp3) is 0.231. The number of methoxy groups -OCH3 is 1. The molecule has 0 aliphatic carbocycles. The van der Waals surface area contributed by atoms with Crippen LogP contribution in [0.3, 0.4) is 0 Å². The summed E-state index contributed by atoms with van der Waals surface area (Å²) in [6.07, 6.45) is 0.393. The van der Waals surface area contributed by atoms with Gasteiger partial charge in [0, 0.05) is 17.5 Å². The van der Waals surface area contributed by atoms with E-state index >= 15 is 0 Å². The highest BCUT2D eigenvalue weighted by Gasteiger charge is 2.14. The lowest BCUT2D eigenvalue weighted by Gasteiger charge is -2.09. The van der Waals surface area contributed by atoms with Crippen LogP contribution in [0.1, 0.15) is 38.2 Å². The number of hydrogen-bond acceptors (Lipinski definition) is 3. The average molecular weight is 399 g/mol. The minimum Gasteiger partial charge on any atom is -0.497 e. The van der Waals surface area contributed by atoms with Crippen molar-refractivity contribution >= 4 is 16.8 Å². The van der Waals surface area contributed by atoms with E-state index in [9.17, 15) is 4.79 Å². The molecule has 0 radical (unpaired) electrons. The summed E-state index contributed by atoms with van der Waals surface area (Å²) in [4.78, 5) is 21.0. The van der Waals surface area contributed by atoms with Gasteiger partial charge in [-0.2, -0.15) is 0 Å². The molecule has 0 atom stereocenters. The molecule has 4 rings (SSSR count). The molecule has 0 saturated heterocycles. The average Bonchev–Trinajstić information content (AvgIpc) is 3.12. The number of hydrogen-bond donors (Lipinski definition) is 1. The maximum Gasteiger partial charge on any atom is 0.167 e. The van der Waals surface area contributed by atoms with E-state index in [0.29, 0.717) is 12.0 Å². The van der Waals surface area contributed by atoms with Crippen LogP contribution in [0.25, 0.3) is 22.4 Å². The van der Waals surface area contributed by atoms with Crippen LogP contribution in [0.5, 0.6) is 5.75 Å². The lowest BCUT2D eigenvalue weighted by Crippen LogP contribution is -2.04. The van der Waals surface area contributed by atoms with E-state index in [-0.39, 0.29) is 5.78 Å². The van der Waals surface area contributed by atoms with E-state index in [2.05, 4.69) is 44.8 Å². The van der Waals surface area contributed by atoms with Gasteiger partial charge in [0.2, 0.25) is 0 Å². The number of rotatable bonds is 5. The molecule has 1 N–H and O–H groups in total. The predicted octanol–water partition coefficient (Wildman–Crippen LogP) is 5.90. The number of aromatic amines is 1. The van der Waals surface area contributed by atoms with Crippen molar-refractivity contribution in [2.75, 3.05) is 7.11 Å². The Morgan fingerprint density at radius 2 is 1.63 bits per heavy atom. The fourth-order valence-electron chi connectivity index (χ4n) is 3.92. The SMILES string of the molecule is COc1cc(C)c(-c2nc3ccc(C(=O)Cc4ccc(C)c(C)c4)cc3[nH]2)c(C)c1. The van der Waals surface area contributed by atoms with Crippen LogP contribution in [0.2, 0.25) is 0 Å². The molecule has 4 aromatic rings. The van der Waals surface area contributed by atoms with Gasteiger partial charge in [-0.1, -0.05) is 18.2 Å². The van der Waals surface area contributed by atoms with Gasteiger partial charge in [0.1, 0.15) is 11.6 Å². The highest BCUT2D eigenvalue weighted by Crippen LogP contribution is 2.30. The minimum atomic E-state index is 0.105. The fourth-order valence-corrected chi connectivity index (χ4v) is 3.92. The first kappa shape index (κ1) is 19.9. The van der Waals surface area contributed by atoms with E-state index in [1.165, 1.54) is 11.1 Å². The second-order valence-corrected chi connectivity index (χ2v) is 7.97. The Hall–Kier alpha value is -3.40. The summed E-state index contributed by atoms with van der Waals surface area (Å²) < 4.78 is 5.36. The normalized spacial score (nSPS) is 11.1. The summed E-state index contributed by atoms with van der Waals surface area (Å²) in [5.41, 5.74) is 9.15. The van der Waals surface area contributed by atoms with Crippen molar-refractivity contribution < 1.29 is 9.53 Å². The van der Waals surface area contributed by atoms with Crippen molar-refractivity contribution in [3.8, 4) is 17.1 Å². The molecule has 0 spiro atoms. The quantitative estimate of drug-likeness (QED) is 0.426. The Labute approximate surface area is 176 Å². The van der Waals surface area contributed by atoms with Crippen LogP contribution in [0, 0.1) is 27.7 Å². The molecule has 0 aliphatic heterocycles. The first-order chi connectivity index (χ1) is 14.4. The van der Waals surface area contributed by atoms with Gasteiger partial charge in [-0.05, 0) is 85.8 Å². The molecule has 0 aliphatic rings. The van der Waals surface area contributed by atoms with Gasteiger partial charge in [0.25, 0.3) is 0 Å². The molecule has 0 bridgehead atoms. The highest BCUT2D eigenvalue weighted by molar-refractivity contribution is 6.00. The number of H-pyrrole nitrogens is 1. The molecule has 1 aromatic heterocycles. The number of Topliss-reactive ketones (excluding diaryl/α,β-unsaturated/α-hetero) is 1. The second-order valence-electron chi connectivity index (χ2n) is 7.97. The Bertz CT molecular complexity index is 1240. The monoisotopic (exact) mass is 398 g/mol. The van der Waals surface area contributed by atoms with Crippen LogP contribution in [-0.2, 0) is 6.42 Å². The van der Waals surface area contributed by atoms with Crippen LogP contribution in [0.15, 0.2) is 48.5 Å². The van der Waals surface area contributed by atoms with Crippen molar-refractivity contribution in [1.82, 2.24) is 9.97 Å². The topological polar surface area (TPSA) is 55.0 Å². The molecule has 0 unspecified atom stereocenters. The standard InChI is InChI=1S/C26H26N2O2/c1-15-6-7-19(10-16(15)2)13-24(29)20-8-9-22-23(14-20)28-26(27-22)25-17(3)11-21(30-5)12-18(25)4/h6-12,14H,13H2,1-5H3,(H,27,28). The molecule has 0 fully saturated rings. The summed E-state index contributed by atoms with van der Waals surface area (Å²) >= 11 is 0. The molecule has 0 saturated carbocycles. The number of fused-ring (bicyclic) bond motifs is 1. The minimum absolute atomic E-state index is 0.105.